The highest BCUT2D eigenvalue weighted by Gasteiger charge is 2.21. The molecular formula is C14H11BrO3. The summed E-state index contributed by atoms with van der Waals surface area (Å²) >= 11 is 3.42. The van der Waals surface area contributed by atoms with Crippen LogP contribution in [-0.2, 0) is 0 Å². The summed E-state index contributed by atoms with van der Waals surface area (Å²) < 4.78 is 11.5. The van der Waals surface area contributed by atoms with Gasteiger partial charge >= 0.3 is 0 Å². The third kappa shape index (κ3) is 1.98. The molecule has 4 heteroatoms. The zero-order valence-corrected chi connectivity index (χ0v) is 11.1. The monoisotopic (exact) mass is 306 g/mol. The van der Waals surface area contributed by atoms with Gasteiger partial charge in [0.25, 0.3) is 0 Å². The second-order valence-electron chi connectivity index (χ2n) is 4.05. The Balaban J connectivity index is 2.00. The van der Waals surface area contributed by atoms with Gasteiger partial charge in [-0.3, -0.25) is 0 Å². The number of halogens is 1. The topological polar surface area (TPSA) is 38.7 Å². The van der Waals surface area contributed by atoms with Crippen LogP contribution in [0.3, 0.4) is 0 Å². The third-order valence-corrected chi connectivity index (χ3v) is 3.47. The average Bonchev–Trinajstić information content (AvgIpc) is 2.88. The Hall–Kier alpha value is -1.52. The molecule has 0 fully saturated rings. The second-order valence-corrected chi connectivity index (χ2v) is 4.90. The van der Waals surface area contributed by atoms with E-state index in [1.54, 1.807) is 0 Å². The van der Waals surface area contributed by atoms with Crippen molar-refractivity contribution in [2.45, 2.75) is 6.10 Å². The largest absolute Gasteiger partial charge is 0.454 e. The second kappa shape index (κ2) is 4.63. The summed E-state index contributed by atoms with van der Waals surface area (Å²) in [6.45, 7) is 0.221. The van der Waals surface area contributed by atoms with Gasteiger partial charge in [-0.05, 0) is 39.2 Å². The molecule has 0 radical (unpaired) electrons. The zero-order chi connectivity index (χ0) is 12.5. The maximum absolute atomic E-state index is 10.3. The van der Waals surface area contributed by atoms with Crippen LogP contribution in [0.5, 0.6) is 11.5 Å². The lowest BCUT2D eigenvalue weighted by Gasteiger charge is -2.12. The van der Waals surface area contributed by atoms with Crippen molar-refractivity contribution in [3.63, 3.8) is 0 Å². The van der Waals surface area contributed by atoms with Crippen LogP contribution in [0.1, 0.15) is 17.2 Å². The van der Waals surface area contributed by atoms with Crippen molar-refractivity contribution in [2.75, 3.05) is 6.79 Å². The Kier molecular flexibility index (Phi) is 2.97. The smallest absolute Gasteiger partial charge is 0.231 e. The van der Waals surface area contributed by atoms with Gasteiger partial charge in [0.15, 0.2) is 11.5 Å². The zero-order valence-electron chi connectivity index (χ0n) is 9.47. The summed E-state index contributed by atoms with van der Waals surface area (Å²) in [6.07, 6.45) is -0.669. The average molecular weight is 307 g/mol. The van der Waals surface area contributed by atoms with Crippen molar-refractivity contribution in [1.29, 1.82) is 0 Å². The predicted molar refractivity (Wildman–Crippen MR) is 70.8 cm³/mol. The fraction of sp³-hybridized carbons (Fsp3) is 0.143. The molecule has 0 saturated heterocycles. The van der Waals surface area contributed by atoms with Gasteiger partial charge in [-0.15, -0.1) is 0 Å². The first-order valence-corrected chi connectivity index (χ1v) is 6.37. The van der Waals surface area contributed by atoms with Crippen LogP contribution in [0.15, 0.2) is 46.9 Å². The molecule has 3 rings (SSSR count). The molecule has 1 aliphatic rings. The van der Waals surface area contributed by atoms with Gasteiger partial charge in [0.2, 0.25) is 6.79 Å². The molecule has 0 bridgehead atoms. The molecule has 0 aliphatic carbocycles. The molecule has 1 unspecified atom stereocenters. The molecule has 0 saturated carbocycles. The molecule has 1 atom stereocenters. The fourth-order valence-corrected chi connectivity index (χ4v) is 2.55. The van der Waals surface area contributed by atoms with E-state index in [2.05, 4.69) is 15.9 Å². The summed E-state index contributed by atoms with van der Waals surface area (Å²) in [6, 6.07) is 13.2. The van der Waals surface area contributed by atoms with Gasteiger partial charge in [0, 0.05) is 0 Å². The standard InChI is InChI=1S/C14H11BrO3/c15-11-6-10(7-12-14(11)18-8-17-12)13(16)9-4-2-1-3-5-9/h1-7,13,16H,8H2. The number of ether oxygens (including phenoxy) is 2. The fourth-order valence-electron chi connectivity index (χ4n) is 1.97. The van der Waals surface area contributed by atoms with E-state index in [1.165, 1.54) is 0 Å². The van der Waals surface area contributed by atoms with Gasteiger partial charge in [0.1, 0.15) is 6.10 Å². The van der Waals surface area contributed by atoms with Gasteiger partial charge < -0.3 is 14.6 Å². The van der Waals surface area contributed by atoms with Crippen LogP contribution < -0.4 is 9.47 Å². The minimum Gasteiger partial charge on any atom is -0.454 e. The Morgan fingerprint density at radius 3 is 2.61 bits per heavy atom. The van der Waals surface area contributed by atoms with Gasteiger partial charge in [-0.1, -0.05) is 30.3 Å². The van der Waals surface area contributed by atoms with Crippen molar-refractivity contribution in [2.24, 2.45) is 0 Å². The Labute approximate surface area is 113 Å². The summed E-state index contributed by atoms with van der Waals surface area (Å²) in [5.41, 5.74) is 1.63. The number of fused-ring (bicyclic) bond motifs is 1. The van der Waals surface area contributed by atoms with Crippen molar-refractivity contribution in [3.05, 3.63) is 58.1 Å². The van der Waals surface area contributed by atoms with E-state index < -0.39 is 6.10 Å². The number of rotatable bonds is 2. The van der Waals surface area contributed by atoms with Crippen LogP contribution in [0.4, 0.5) is 0 Å². The Bertz CT molecular complexity index is 569. The quantitative estimate of drug-likeness (QED) is 0.925. The van der Waals surface area contributed by atoms with Gasteiger partial charge in [-0.2, -0.15) is 0 Å². The first-order chi connectivity index (χ1) is 8.75. The molecule has 0 spiro atoms. The van der Waals surface area contributed by atoms with E-state index in [0.29, 0.717) is 11.5 Å². The summed E-state index contributed by atoms with van der Waals surface area (Å²) in [5, 5.41) is 10.3. The van der Waals surface area contributed by atoms with Crippen LogP contribution >= 0.6 is 15.9 Å². The molecule has 0 aromatic heterocycles. The molecule has 18 heavy (non-hydrogen) atoms. The lowest BCUT2D eigenvalue weighted by Crippen LogP contribution is -1.99. The van der Waals surface area contributed by atoms with Crippen LogP contribution in [0.2, 0.25) is 0 Å². The van der Waals surface area contributed by atoms with E-state index in [9.17, 15) is 5.11 Å². The Morgan fingerprint density at radius 2 is 1.83 bits per heavy atom. The van der Waals surface area contributed by atoms with E-state index in [-0.39, 0.29) is 6.79 Å². The Morgan fingerprint density at radius 1 is 1.06 bits per heavy atom. The SMILES string of the molecule is OC(c1ccccc1)c1cc(Br)c2c(c1)OCO2. The van der Waals surface area contributed by atoms with Gasteiger partial charge in [0.05, 0.1) is 4.47 Å². The number of aliphatic hydroxyl groups excluding tert-OH is 1. The molecule has 2 aromatic rings. The highest BCUT2D eigenvalue weighted by Crippen LogP contribution is 2.41. The van der Waals surface area contributed by atoms with Crippen molar-refractivity contribution in [3.8, 4) is 11.5 Å². The molecule has 1 heterocycles. The molecule has 2 aromatic carbocycles. The van der Waals surface area contributed by atoms with E-state index in [1.807, 2.05) is 42.5 Å². The van der Waals surface area contributed by atoms with Crippen LogP contribution in [0, 0.1) is 0 Å². The molecule has 1 N–H and O–H groups in total. The molecule has 0 amide bonds. The summed E-state index contributed by atoms with van der Waals surface area (Å²) in [5.74, 6) is 1.35. The van der Waals surface area contributed by atoms with E-state index in [0.717, 1.165) is 15.6 Å². The molecular weight excluding hydrogens is 296 g/mol. The predicted octanol–water partition coefficient (Wildman–Crippen LogP) is 3.26. The highest BCUT2D eigenvalue weighted by molar-refractivity contribution is 9.10. The molecule has 92 valence electrons. The van der Waals surface area contributed by atoms with E-state index >= 15 is 0 Å². The highest BCUT2D eigenvalue weighted by atomic mass is 79.9. The first-order valence-electron chi connectivity index (χ1n) is 5.58. The van der Waals surface area contributed by atoms with Crippen LogP contribution in [-0.4, -0.2) is 11.9 Å². The minimum absolute atomic E-state index is 0.221. The van der Waals surface area contributed by atoms with Crippen LogP contribution in [0.25, 0.3) is 0 Å². The lowest BCUT2D eigenvalue weighted by molar-refractivity contribution is 0.173. The number of aliphatic hydroxyl groups is 1. The maximum atomic E-state index is 10.3. The first kappa shape index (κ1) is 11.6. The number of benzene rings is 2. The lowest BCUT2D eigenvalue weighted by atomic mass is 10.0. The summed E-state index contributed by atoms with van der Waals surface area (Å²) in [7, 11) is 0. The number of hydrogen-bond acceptors (Lipinski definition) is 3. The molecule has 3 nitrogen and oxygen atoms in total. The molecule has 1 aliphatic heterocycles. The minimum atomic E-state index is -0.669. The maximum Gasteiger partial charge on any atom is 0.231 e. The van der Waals surface area contributed by atoms with Crippen molar-refractivity contribution in [1.82, 2.24) is 0 Å². The van der Waals surface area contributed by atoms with Gasteiger partial charge in [-0.25, -0.2) is 0 Å². The third-order valence-electron chi connectivity index (χ3n) is 2.88. The normalized spacial score (nSPS) is 14.6. The van der Waals surface area contributed by atoms with Crippen molar-refractivity contribution < 1.29 is 14.6 Å². The van der Waals surface area contributed by atoms with E-state index in [4.69, 9.17) is 9.47 Å². The van der Waals surface area contributed by atoms with Crippen molar-refractivity contribution >= 4 is 15.9 Å². The summed E-state index contributed by atoms with van der Waals surface area (Å²) in [4.78, 5) is 0. The number of hydrogen-bond donors (Lipinski definition) is 1.